The number of benzene rings is 1. The van der Waals surface area contributed by atoms with Crippen LogP contribution in [0.5, 0.6) is 0 Å². The number of aryl methyl sites for hydroxylation is 1. The van der Waals surface area contributed by atoms with Gasteiger partial charge >= 0.3 is 0 Å². The summed E-state index contributed by atoms with van der Waals surface area (Å²) in [6.07, 6.45) is 0. The zero-order valence-corrected chi connectivity index (χ0v) is 9.28. The van der Waals surface area contributed by atoms with Crippen LogP contribution < -0.4 is 11.3 Å². The van der Waals surface area contributed by atoms with Crippen LogP contribution in [-0.4, -0.2) is 9.55 Å². The predicted octanol–water partition coefficient (Wildman–Crippen LogP) is 2.21. The van der Waals surface area contributed by atoms with E-state index in [4.69, 9.17) is 5.84 Å². The van der Waals surface area contributed by atoms with Gasteiger partial charge in [0, 0.05) is 6.04 Å². The molecule has 0 fully saturated rings. The molecule has 1 aromatic carbocycles. The van der Waals surface area contributed by atoms with Crippen molar-refractivity contribution >= 4 is 17.0 Å². The number of hydrazine groups is 1. The van der Waals surface area contributed by atoms with Crippen LogP contribution in [0.25, 0.3) is 11.0 Å². The second-order valence-electron chi connectivity index (χ2n) is 4.04. The highest BCUT2D eigenvalue weighted by Gasteiger charge is 2.11. The zero-order valence-electron chi connectivity index (χ0n) is 9.28. The van der Waals surface area contributed by atoms with E-state index in [1.807, 2.05) is 0 Å². The predicted molar refractivity (Wildman–Crippen MR) is 62.7 cm³/mol. The second-order valence-corrected chi connectivity index (χ2v) is 4.04. The van der Waals surface area contributed by atoms with Crippen molar-refractivity contribution in [2.45, 2.75) is 26.8 Å². The summed E-state index contributed by atoms with van der Waals surface area (Å²) >= 11 is 0. The van der Waals surface area contributed by atoms with E-state index < -0.39 is 0 Å². The Hall–Kier alpha value is -1.55. The SMILES string of the molecule is Cc1ccc2c(c1)nc(NN)n2C(C)C. The van der Waals surface area contributed by atoms with Crippen LogP contribution in [0, 0.1) is 6.92 Å². The summed E-state index contributed by atoms with van der Waals surface area (Å²) in [5.41, 5.74) is 5.94. The summed E-state index contributed by atoms with van der Waals surface area (Å²) in [5.74, 6) is 6.17. The molecule has 80 valence electrons. The Morgan fingerprint density at radius 3 is 2.73 bits per heavy atom. The minimum Gasteiger partial charge on any atom is -0.307 e. The molecule has 0 unspecified atom stereocenters. The molecule has 1 aromatic heterocycles. The molecule has 0 saturated carbocycles. The van der Waals surface area contributed by atoms with Gasteiger partial charge in [-0.15, -0.1) is 0 Å². The smallest absolute Gasteiger partial charge is 0.218 e. The van der Waals surface area contributed by atoms with Gasteiger partial charge in [0.1, 0.15) is 0 Å². The molecule has 3 N–H and O–H groups in total. The summed E-state index contributed by atoms with van der Waals surface area (Å²) in [5, 5.41) is 0. The Morgan fingerprint density at radius 2 is 2.13 bits per heavy atom. The van der Waals surface area contributed by atoms with Gasteiger partial charge < -0.3 is 4.57 Å². The van der Waals surface area contributed by atoms with Gasteiger partial charge in [0.05, 0.1) is 11.0 Å². The van der Waals surface area contributed by atoms with E-state index >= 15 is 0 Å². The molecular weight excluding hydrogens is 188 g/mol. The van der Waals surface area contributed by atoms with Gasteiger partial charge in [-0.1, -0.05) is 6.07 Å². The fraction of sp³-hybridized carbons (Fsp3) is 0.364. The van der Waals surface area contributed by atoms with Crippen LogP contribution in [-0.2, 0) is 0 Å². The van der Waals surface area contributed by atoms with E-state index in [1.165, 1.54) is 5.56 Å². The van der Waals surface area contributed by atoms with Crippen LogP contribution in [0.3, 0.4) is 0 Å². The number of nitrogens with two attached hydrogens (primary N) is 1. The van der Waals surface area contributed by atoms with E-state index in [2.05, 4.69) is 53.9 Å². The number of imidazole rings is 1. The van der Waals surface area contributed by atoms with Crippen molar-refractivity contribution in [1.82, 2.24) is 9.55 Å². The van der Waals surface area contributed by atoms with Crippen molar-refractivity contribution in [3.8, 4) is 0 Å². The third kappa shape index (κ3) is 1.57. The first-order chi connectivity index (χ1) is 7.13. The van der Waals surface area contributed by atoms with E-state index in [-0.39, 0.29) is 0 Å². The molecule has 0 amide bonds. The second kappa shape index (κ2) is 3.55. The lowest BCUT2D eigenvalue weighted by Gasteiger charge is -2.11. The van der Waals surface area contributed by atoms with Crippen LogP contribution in [0.15, 0.2) is 18.2 Å². The minimum absolute atomic E-state index is 0.337. The molecule has 4 nitrogen and oxygen atoms in total. The fourth-order valence-electron chi connectivity index (χ4n) is 1.83. The number of hydrogen-bond acceptors (Lipinski definition) is 3. The van der Waals surface area contributed by atoms with E-state index in [9.17, 15) is 0 Å². The van der Waals surface area contributed by atoms with Crippen molar-refractivity contribution in [2.24, 2.45) is 5.84 Å². The molecule has 0 bridgehead atoms. The maximum atomic E-state index is 5.46. The van der Waals surface area contributed by atoms with Crippen molar-refractivity contribution in [3.63, 3.8) is 0 Å². The minimum atomic E-state index is 0.337. The van der Waals surface area contributed by atoms with Crippen molar-refractivity contribution in [3.05, 3.63) is 23.8 Å². The number of aromatic nitrogens is 2. The van der Waals surface area contributed by atoms with Gasteiger partial charge in [-0.3, -0.25) is 5.43 Å². The van der Waals surface area contributed by atoms with Crippen LogP contribution in [0.1, 0.15) is 25.5 Å². The van der Waals surface area contributed by atoms with Crippen molar-refractivity contribution in [2.75, 3.05) is 5.43 Å². The molecule has 2 aromatic rings. The molecule has 2 rings (SSSR count). The maximum Gasteiger partial charge on any atom is 0.218 e. The summed E-state index contributed by atoms with van der Waals surface area (Å²) in [4.78, 5) is 4.44. The first-order valence-corrected chi connectivity index (χ1v) is 5.08. The highest BCUT2D eigenvalue weighted by molar-refractivity contribution is 5.79. The topological polar surface area (TPSA) is 55.9 Å². The molecule has 1 heterocycles. The number of fused-ring (bicyclic) bond motifs is 1. The Morgan fingerprint density at radius 1 is 1.40 bits per heavy atom. The van der Waals surface area contributed by atoms with Gasteiger partial charge in [0.15, 0.2) is 0 Å². The molecule has 0 aliphatic carbocycles. The third-order valence-corrected chi connectivity index (χ3v) is 2.49. The summed E-state index contributed by atoms with van der Waals surface area (Å²) in [7, 11) is 0. The standard InChI is InChI=1S/C11H16N4/c1-7(2)15-10-5-4-8(3)6-9(10)13-11(15)14-12/h4-7H,12H2,1-3H3,(H,13,14). The number of hydrogen-bond donors (Lipinski definition) is 2. The molecule has 0 spiro atoms. The summed E-state index contributed by atoms with van der Waals surface area (Å²) in [6.45, 7) is 6.28. The zero-order chi connectivity index (χ0) is 11.0. The van der Waals surface area contributed by atoms with Gasteiger partial charge in [0.25, 0.3) is 0 Å². The van der Waals surface area contributed by atoms with Gasteiger partial charge in [-0.25, -0.2) is 10.8 Å². The molecule has 0 atom stereocenters. The molecule has 0 radical (unpaired) electrons. The number of nitrogens with one attached hydrogen (secondary N) is 1. The number of nitrogen functional groups attached to an aromatic ring is 1. The van der Waals surface area contributed by atoms with Crippen molar-refractivity contribution in [1.29, 1.82) is 0 Å². The molecule has 0 aliphatic heterocycles. The lowest BCUT2D eigenvalue weighted by Crippen LogP contribution is -2.14. The van der Waals surface area contributed by atoms with E-state index in [0.717, 1.165) is 11.0 Å². The first-order valence-electron chi connectivity index (χ1n) is 5.08. The maximum absolute atomic E-state index is 5.46. The van der Waals surface area contributed by atoms with Gasteiger partial charge in [-0.05, 0) is 38.5 Å². The van der Waals surface area contributed by atoms with Gasteiger partial charge in [0.2, 0.25) is 5.95 Å². The van der Waals surface area contributed by atoms with E-state index in [0.29, 0.717) is 12.0 Å². The van der Waals surface area contributed by atoms with E-state index in [1.54, 1.807) is 0 Å². The number of anilines is 1. The van der Waals surface area contributed by atoms with Gasteiger partial charge in [-0.2, -0.15) is 0 Å². The highest BCUT2D eigenvalue weighted by Crippen LogP contribution is 2.24. The molecule has 0 aliphatic rings. The average molecular weight is 204 g/mol. The molecule has 0 saturated heterocycles. The number of nitrogens with zero attached hydrogens (tertiary/aromatic N) is 2. The Labute approximate surface area is 89.1 Å². The number of rotatable bonds is 2. The first kappa shape index (κ1) is 9.98. The Kier molecular flexibility index (Phi) is 2.36. The largest absolute Gasteiger partial charge is 0.307 e. The fourth-order valence-corrected chi connectivity index (χ4v) is 1.83. The third-order valence-electron chi connectivity index (χ3n) is 2.49. The Bertz CT molecular complexity index is 485. The monoisotopic (exact) mass is 204 g/mol. The summed E-state index contributed by atoms with van der Waals surface area (Å²) < 4.78 is 2.09. The quantitative estimate of drug-likeness (QED) is 0.582. The van der Waals surface area contributed by atoms with Crippen molar-refractivity contribution < 1.29 is 0 Å². The Balaban J connectivity index is 2.74. The lowest BCUT2D eigenvalue weighted by molar-refractivity contribution is 0.623. The highest BCUT2D eigenvalue weighted by atomic mass is 15.3. The molecule has 15 heavy (non-hydrogen) atoms. The summed E-state index contributed by atoms with van der Waals surface area (Å²) in [6, 6.07) is 6.57. The average Bonchev–Trinajstić information content (AvgIpc) is 2.54. The normalized spacial score (nSPS) is 11.3. The van der Waals surface area contributed by atoms with Crippen LogP contribution in [0.2, 0.25) is 0 Å². The van der Waals surface area contributed by atoms with Crippen LogP contribution in [0.4, 0.5) is 5.95 Å². The lowest BCUT2D eigenvalue weighted by atomic mass is 10.2. The van der Waals surface area contributed by atoms with Crippen LogP contribution >= 0.6 is 0 Å². The molecule has 4 heteroatoms. The molecular formula is C11H16N4.